The third-order valence-corrected chi connectivity index (χ3v) is 3.08. The Morgan fingerprint density at radius 3 is 2.88 bits per heavy atom. The maximum absolute atomic E-state index is 9.14. The molecule has 17 heavy (non-hydrogen) atoms. The second kappa shape index (κ2) is 4.69. The number of hydrogen-bond acceptors (Lipinski definition) is 3. The largest absolute Gasteiger partial charge is 0.394 e. The molecule has 0 bridgehead atoms. The van der Waals surface area contributed by atoms with Gasteiger partial charge >= 0.3 is 0 Å². The van der Waals surface area contributed by atoms with Crippen LogP contribution in [-0.2, 0) is 0 Å². The first-order valence-corrected chi connectivity index (χ1v) is 5.60. The van der Waals surface area contributed by atoms with Crippen LogP contribution in [0.3, 0.4) is 0 Å². The molecule has 0 aliphatic heterocycles. The third kappa shape index (κ3) is 2.09. The van der Waals surface area contributed by atoms with Gasteiger partial charge in [-0.2, -0.15) is 0 Å². The number of rotatable bonds is 3. The van der Waals surface area contributed by atoms with E-state index in [1.165, 1.54) is 11.1 Å². The van der Waals surface area contributed by atoms with E-state index in [1.807, 2.05) is 16.7 Å². The van der Waals surface area contributed by atoms with Gasteiger partial charge in [0.05, 0.1) is 30.9 Å². The average molecular weight is 231 g/mol. The number of aromatic nitrogens is 2. The summed E-state index contributed by atoms with van der Waals surface area (Å²) in [6.45, 7) is 4.05. The van der Waals surface area contributed by atoms with Crippen molar-refractivity contribution in [2.24, 2.45) is 5.73 Å². The van der Waals surface area contributed by atoms with E-state index in [2.05, 4.69) is 24.9 Å². The molecule has 4 nitrogen and oxygen atoms in total. The number of aliphatic hydroxyl groups is 1. The summed E-state index contributed by atoms with van der Waals surface area (Å²) in [7, 11) is 0. The predicted molar refractivity (Wildman–Crippen MR) is 67.1 cm³/mol. The number of aliphatic hydroxyl groups excluding tert-OH is 1. The number of nitrogens with zero attached hydrogens (tertiary/aromatic N) is 2. The number of nitrogens with two attached hydrogens (primary N) is 1. The number of imidazole rings is 1. The molecule has 2 rings (SSSR count). The van der Waals surface area contributed by atoms with E-state index < -0.39 is 6.04 Å². The molecule has 1 atom stereocenters. The van der Waals surface area contributed by atoms with E-state index >= 15 is 0 Å². The molecule has 1 aromatic heterocycles. The molecule has 3 N–H and O–H groups in total. The van der Waals surface area contributed by atoms with Crippen molar-refractivity contribution in [3.63, 3.8) is 0 Å². The third-order valence-electron chi connectivity index (χ3n) is 3.08. The zero-order valence-corrected chi connectivity index (χ0v) is 10.1. The quantitative estimate of drug-likeness (QED) is 0.841. The van der Waals surface area contributed by atoms with Crippen molar-refractivity contribution in [3.05, 3.63) is 47.5 Å². The molecule has 1 heterocycles. The molecular formula is C13H17N3O. The highest BCUT2D eigenvalue weighted by atomic mass is 16.3. The lowest BCUT2D eigenvalue weighted by atomic mass is 10.1. The Morgan fingerprint density at radius 2 is 2.18 bits per heavy atom. The fourth-order valence-corrected chi connectivity index (χ4v) is 1.87. The Hall–Kier alpha value is -1.65. The molecular weight excluding hydrogens is 214 g/mol. The van der Waals surface area contributed by atoms with Gasteiger partial charge in [-0.1, -0.05) is 12.1 Å². The highest BCUT2D eigenvalue weighted by Gasteiger charge is 2.13. The Balaban J connectivity index is 2.54. The van der Waals surface area contributed by atoms with Crippen LogP contribution in [0.2, 0.25) is 0 Å². The summed E-state index contributed by atoms with van der Waals surface area (Å²) in [5.41, 5.74) is 10.1. The molecule has 90 valence electrons. The van der Waals surface area contributed by atoms with Crippen LogP contribution in [0.4, 0.5) is 0 Å². The van der Waals surface area contributed by atoms with Gasteiger partial charge in [0.2, 0.25) is 0 Å². The van der Waals surface area contributed by atoms with E-state index in [1.54, 1.807) is 12.5 Å². The molecule has 4 heteroatoms. The Labute approximate surface area is 101 Å². The highest BCUT2D eigenvalue weighted by Crippen LogP contribution is 2.21. The maximum atomic E-state index is 9.14. The summed E-state index contributed by atoms with van der Waals surface area (Å²) in [6.07, 6.45) is 3.43. The molecule has 0 radical (unpaired) electrons. The number of benzene rings is 1. The Morgan fingerprint density at radius 1 is 1.41 bits per heavy atom. The van der Waals surface area contributed by atoms with Gasteiger partial charge in [-0.15, -0.1) is 0 Å². The molecule has 0 aliphatic rings. The second-order valence-corrected chi connectivity index (χ2v) is 4.20. The van der Waals surface area contributed by atoms with Gasteiger partial charge in [-0.25, -0.2) is 4.98 Å². The van der Waals surface area contributed by atoms with Crippen molar-refractivity contribution < 1.29 is 5.11 Å². The molecule has 0 spiro atoms. The molecule has 1 unspecified atom stereocenters. The van der Waals surface area contributed by atoms with Crippen LogP contribution in [0, 0.1) is 13.8 Å². The summed E-state index contributed by atoms with van der Waals surface area (Å²) < 4.78 is 1.93. The summed E-state index contributed by atoms with van der Waals surface area (Å²) in [5, 5.41) is 9.14. The minimum Gasteiger partial charge on any atom is -0.394 e. The molecule has 0 amide bonds. The molecule has 0 saturated heterocycles. The van der Waals surface area contributed by atoms with Crippen molar-refractivity contribution in [3.8, 4) is 5.69 Å². The topological polar surface area (TPSA) is 64.1 Å². The maximum Gasteiger partial charge on any atom is 0.0994 e. The molecule has 0 fully saturated rings. The number of hydrogen-bond donors (Lipinski definition) is 2. The van der Waals surface area contributed by atoms with Gasteiger partial charge in [0.25, 0.3) is 0 Å². The summed E-state index contributed by atoms with van der Waals surface area (Å²) in [5.74, 6) is 0. The predicted octanol–water partition coefficient (Wildman–Crippen LogP) is 1.48. The monoisotopic (exact) mass is 231 g/mol. The van der Waals surface area contributed by atoms with Crippen molar-refractivity contribution in [2.75, 3.05) is 6.61 Å². The van der Waals surface area contributed by atoms with Crippen LogP contribution >= 0.6 is 0 Å². The van der Waals surface area contributed by atoms with Crippen LogP contribution < -0.4 is 5.73 Å². The smallest absolute Gasteiger partial charge is 0.0994 e. The summed E-state index contributed by atoms with van der Waals surface area (Å²) in [4.78, 5) is 4.11. The van der Waals surface area contributed by atoms with Crippen LogP contribution in [0.5, 0.6) is 0 Å². The minimum atomic E-state index is -0.405. The highest BCUT2D eigenvalue weighted by molar-refractivity contribution is 5.45. The van der Waals surface area contributed by atoms with Crippen molar-refractivity contribution >= 4 is 0 Å². The van der Waals surface area contributed by atoms with Crippen LogP contribution in [0.15, 0.2) is 30.7 Å². The van der Waals surface area contributed by atoms with E-state index in [9.17, 15) is 0 Å². The first-order valence-electron chi connectivity index (χ1n) is 5.60. The second-order valence-electron chi connectivity index (χ2n) is 4.20. The SMILES string of the molecule is Cc1cccc(-n2cncc2C(N)CO)c1C. The van der Waals surface area contributed by atoms with Crippen LogP contribution in [-0.4, -0.2) is 21.3 Å². The van der Waals surface area contributed by atoms with Gasteiger partial charge in [0.1, 0.15) is 0 Å². The van der Waals surface area contributed by atoms with Crippen molar-refractivity contribution in [1.82, 2.24) is 9.55 Å². The van der Waals surface area contributed by atoms with E-state index in [4.69, 9.17) is 10.8 Å². The van der Waals surface area contributed by atoms with E-state index in [-0.39, 0.29) is 6.61 Å². The fraction of sp³-hybridized carbons (Fsp3) is 0.308. The normalized spacial score (nSPS) is 12.7. The Bertz CT molecular complexity index is 519. The van der Waals surface area contributed by atoms with Gasteiger partial charge in [0.15, 0.2) is 0 Å². The van der Waals surface area contributed by atoms with Crippen molar-refractivity contribution in [1.29, 1.82) is 0 Å². The van der Waals surface area contributed by atoms with Crippen molar-refractivity contribution in [2.45, 2.75) is 19.9 Å². The lowest BCUT2D eigenvalue weighted by molar-refractivity contribution is 0.265. The minimum absolute atomic E-state index is 0.0867. The first-order chi connectivity index (χ1) is 8.15. The fourth-order valence-electron chi connectivity index (χ4n) is 1.87. The zero-order valence-electron chi connectivity index (χ0n) is 10.1. The lowest BCUT2D eigenvalue weighted by Crippen LogP contribution is -2.18. The molecule has 2 aromatic rings. The van der Waals surface area contributed by atoms with Gasteiger partial charge in [-0.05, 0) is 31.0 Å². The average Bonchev–Trinajstić information content (AvgIpc) is 2.80. The van der Waals surface area contributed by atoms with Gasteiger partial charge in [-0.3, -0.25) is 0 Å². The van der Waals surface area contributed by atoms with Crippen LogP contribution in [0.1, 0.15) is 22.9 Å². The standard InChI is InChI=1S/C13H17N3O/c1-9-4-3-5-12(10(9)2)16-8-15-6-13(16)11(14)7-17/h3-6,8,11,17H,7,14H2,1-2H3. The van der Waals surface area contributed by atoms with E-state index in [0.717, 1.165) is 11.4 Å². The number of aryl methyl sites for hydroxylation is 1. The lowest BCUT2D eigenvalue weighted by Gasteiger charge is -2.15. The van der Waals surface area contributed by atoms with Gasteiger partial charge in [0, 0.05) is 5.69 Å². The molecule has 0 saturated carbocycles. The molecule has 1 aromatic carbocycles. The summed E-state index contributed by atoms with van der Waals surface area (Å²) in [6, 6.07) is 5.70. The summed E-state index contributed by atoms with van der Waals surface area (Å²) >= 11 is 0. The Kier molecular flexibility index (Phi) is 3.26. The van der Waals surface area contributed by atoms with Gasteiger partial charge < -0.3 is 15.4 Å². The zero-order chi connectivity index (χ0) is 12.4. The molecule has 0 aliphatic carbocycles. The van der Waals surface area contributed by atoms with E-state index in [0.29, 0.717) is 0 Å². The van der Waals surface area contributed by atoms with Crippen LogP contribution in [0.25, 0.3) is 5.69 Å². The first kappa shape index (κ1) is 11.8.